The van der Waals surface area contributed by atoms with Crippen LogP contribution in [0, 0.1) is 0 Å². The van der Waals surface area contributed by atoms with E-state index >= 15 is 0 Å². The van der Waals surface area contributed by atoms with Gasteiger partial charge >= 0.3 is 0 Å². The topological polar surface area (TPSA) is 29.1 Å². The van der Waals surface area contributed by atoms with Crippen molar-refractivity contribution in [3.05, 3.63) is 11.2 Å². The summed E-state index contributed by atoms with van der Waals surface area (Å²) in [5.41, 5.74) is 0. The van der Waals surface area contributed by atoms with Crippen LogP contribution in [0.15, 0.2) is 11.2 Å². The van der Waals surface area contributed by atoms with Crippen LogP contribution < -0.4 is 5.32 Å². The van der Waals surface area contributed by atoms with Crippen molar-refractivity contribution in [1.82, 2.24) is 5.32 Å². The molecule has 40 valence electrons. The van der Waals surface area contributed by atoms with Crippen LogP contribution in [0.4, 0.5) is 0 Å². The van der Waals surface area contributed by atoms with E-state index in [1.54, 1.807) is 4.99 Å². The smallest absolute Gasteiger partial charge is 0.220 e. The van der Waals surface area contributed by atoms with Crippen LogP contribution >= 0.6 is 15.9 Å². The van der Waals surface area contributed by atoms with Crippen LogP contribution in [0.5, 0.6) is 0 Å². The molecule has 0 spiro atoms. The molecule has 0 aromatic carbocycles. The van der Waals surface area contributed by atoms with Gasteiger partial charge in [0.2, 0.25) is 5.91 Å². The Morgan fingerprint density at radius 2 is 2.43 bits per heavy atom. The van der Waals surface area contributed by atoms with Gasteiger partial charge in [-0.25, -0.2) is 0 Å². The molecule has 0 bridgehead atoms. The third kappa shape index (κ3) is 5.69. The molecule has 0 atom stereocenters. The summed E-state index contributed by atoms with van der Waals surface area (Å²) in [4.78, 5) is 11.6. The van der Waals surface area contributed by atoms with E-state index < -0.39 is 0 Å². The van der Waals surface area contributed by atoms with E-state index in [1.807, 2.05) is 0 Å². The average Bonchev–Trinajstić information content (AvgIpc) is 1.61. The Bertz CT molecular complexity index is 89.7. The molecular formula is C4H6BrNO. The molecule has 0 heterocycles. The van der Waals surface area contributed by atoms with Crippen LogP contribution in [-0.2, 0) is 4.79 Å². The number of carbonyl (C=O) groups excluding carboxylic acids is 1. The summed E-state index contributed by atoms with van der Waals surface area (Å²) in [6.07, 6.45) is 1.52. The lowest BCUT2D eigenvalue weighted by molar-refractivity contribution is -0.118. The minimum Gasteiger partial charge on any atom is -0.332 e. The molecule has 0 aromatic heterocycles. The Kier molecular flexibility index (Phi) is 3.69. The highest BCUT2D eigenvalue weighted by molar-refractivity contribution is 9.11. The molecule has 2 nitrogen and oxygen atoms in total. The second-order valence-electron chi connectivity index (χ2n) is 0.993. The molecule has 0 aromatic rings. The maximum Gasteiger partial charge on any atom is 0.220 e. The van der Waals surface area contributed by atoms with Crippen molar-refractivity contribution in [3.8, 4) is 0 Å². The largest absolute Gasteiger partial charge is 0.332 e. The zero-order valence-electron chi connectivity index (χ0n) is 3.94. The monoisotopic (exact) mass is 163 g/mol. The fourth-order valence-corrected chi connectivity index (χ4v) is 0.281. The summed E-state index contributed by atoms with van der Waals surface area (Å²) >= 11 is 2.98. The molecule has 0 aliphatic heterocycles. The number of halogens is 1. The number of nitrogens with one attached hydrogen (secondary N) is 1. The molecule has 7 heavy (non-hydrogen) atoms. The molecule has 0 fully saturated rings. The Labute approximate surface area is 50.7 Å². The standard InChI is InChI=1S/C4H6BrNO/c1-4(7)6-3-2-5/h2-3H,1H3,(H,6,7)/b3-2-. The summed E-state index contributed by atoms with van der Waals surface area (Å²) in [6, 6.07) is 0. The number of amides is 1. The van der Waals surface area contributed by atoms with Crippen LogP contribution in [-0.4, -0.2) is 5.91 Å². The zero-order valence-corrected chi connectivity index (χ0v) is 5.53. The predicted molar refractivity (Wildman–Crippen MR) is 31.9 cm³/mol. The van der Waals surface area contributed by atoms with Gasteiger partial charge in [0.15, 0.2) is 0 Å². The van der Waals surface area contributed by atoms with Crippen LogP contribution in [0.25, 0.3) is 0 Å². The van der Waals surface area contributed by atoms with Crippen LogP contribution in [0.2, 0.25) is 0 Å². The van der Waals surface area contributed by atoms with Gasteiger partial charge in [-0.1, -0.05) is 15.9 Å². The molecule has 0 radical (unpaired) electrons. The molecule has 0 saturated heterocycles. The molecular weight excluding hydrogens is 158 g/mol. The van der Waals surface area contributed by atoms with Gasteiger partial charge in [0.1, 0.15) is 0 Å². The highest BCUT2D eigenvalue weighted by Gasteiger charge is 1.77. The van der Waals surface area contributed by atoms with Gasteiger partial charge in [-0.15, -0.1) is 0 Å². The van der Waals surface area contributed by atoms with Gasteiger partial charge in [-0.3, -0.25) is 4.79 Å². The van der Waals surface area contributed by atoms with Crippen molar-refractivity contribution >= 4 is 21.8 Å². The summed E-state index contributed by atoms with van der Waals surface area (Å²) in [7, 11) is 0. The van der Waals surface area contributed by atoms with Gasteiger partial charge in [0.05, 0.1) is 0 Å². The van der Waals surface area contributed by atoms with Crippen molar-refractivity contribution in [2.75, 3.05) is 0 Å². The molecule has 1 amide bonds. The lowest BCUT2D eigenvalue weighted by Crippen LogP contribution is -2.10. The minimum absolute atomic E-state index is 0.0595. The molecule has 0 rings (SSSR count). The van der Waals surface area contributed by atoms with E-state index in [-0.39, 0.29) is 5.91 Å². The maximum atomic E-state index is 10.0. The van der Waals surface area contributed by atoms with Gasteiger partial charge < -0.3 is 5.32 Å². The second kappa shape index (κ2) is 3.87. The Morgan fingerprint density at radius 1 is 1.86 bits per heavy atom. The zero-order chi connectivity index (χ0) is 5.70. The number of carbonyl (C=O) groups is 1. The normalized spacial score (nSPS) is 9.43. The van der Waals surface area contributed by atoms with Crippen LogP contribution in [0.3, 0.4) is 0 Å². The first-order chi connectivity index (χ1) is 3.27. The quantitative estimate of drug-likeness (QED) is 0.615. The van der Waals surface area contributed by atoms with Gasteiger partial charge in [-0.2, -0.15) is 0 Å². The summed E-state index contributed by atoms with van der Waals surface area (Å²) < 4.78 is 0. The van der Waals surface area contributed by atoms with E-state index in [0.29, 0.717) is 0 Å². The van der Waals surface area contributed by atoms with E-state index in [2.05, 4.69) is 21.2 Å². The highest BCUT2D eigenvalue weighted by Crippen LogP contribution is 1.76. The molecule has 0 aliphatic rings. The Hall–Kier alpha value is -0.310. The fraction of sp³-hybridized carbons (Fsp3) is 0.250. The van der Waals surface area contributed by atoms with Crippen molar-refractivity contribution in [3.63, 3.8) is 0 Å². The van der Waals surface area contributed by atoms with Crippen molar-refractivity contribution in [2.45, 2.75) is 6.92 Å². The molecule has 0 saturated carbocycles. The van der Waals surface area contributed by atoms with Crippen molar-refractivity contribution in [1.29, 1.82) is 0 Å². The Balaban J connectivity index is 3.14. The summed E-state index contributed by atoms with van der Waals surface area (Å²) in [5, 5.41) is 2.43. The third-order valence-electron chi connectivity index (χ3n) is 0.350. The van der Waals surface area contributed by atoms with E-state index in [1.165, 1.54) is 13.1 Å². The lowest BCUT2D eigenvalue weighted by Gasteiger charge is -1.84. The van der Waals surface area contributed by atoms with Gasteiger partial charge in [0.25, 0.3) is 0 Å². The van der Waals surface area contributed by atoms with Gasteiger partial charge in [-0.05, 0) is 4.99 Å². The van der Waals surface area contributed by atoms with E-state index in [9.17, 15) is 4.79 Å². The molecule has 3 heteroatoms. The SMILES string of the molecule is CC(=O)N/C=C\Br. The maximum absolute atomic E-state index is 10.0. The first-order valence-corrected chi connectivity index (χ1v) is 2.71. The molecule has 1 N–H and O–H groups in total. The third-order valence-corrected chi connectivity index (χ3v) is 0.614. The van der Waals surface area contributed by atoms with Crippen molar-refractivity contribution < 1.29 is 4.79 Å². The average molecular weight is 164 g/mol. The van der Waals surface area contributed by atoms with Crippen molar-refractivity contribution in [2.24, 2.45) is 0 Å². The lowest BCUT2D eigenvalue weighted by atomic mass is 10.7. The first kappa shape index (κ1) is 6.69. The Morgan fingerprint density at radius 3 is 2.57 bits per heavy atom. The highest BCUT2D eigenvalue weighted by atomic mass is 79.9. The number of hydrogen-bond donors (Lipinski definition) is 1. The number of hydrogen-bond acceptors (Lipinski definition) is 1. The minimum atomic E-state index is -0.0595. The summed E-state index contributed by atoms with van der Waals surface area (Å²) in [5.74, 6) is -0.0595. The van der Waals surface area contributed by atoms with Gasteiger partial charge in [0, 0.05) is 13.1 Å². The first-order valence-electron chi connectivity index (χ1n) is 1.79. The molecule has 0 unspecified atom stereocenters. The summed E-state index contributed by atoms with van der Waals surface area (Å²) in [6.45, 7) is 1.45. The fourth-order valence-electron chi connectivity index (χ4n) is 0.149. The second-order valence-corrected chi connectivity index (χ2v) is 1.52. The van der Waals surface area contributed by atoms with Crippen LogP contribution in [0.1, 0.15) is 6.92 Å². The number of rotatable bonds is 1. The van der Waals surface area contributed by atoms with E-state index in [0.717, 1.165) is 0 Å². The molecule has 0 aliphatic carbocycles. The van der Waals surface area contributed by atoms with E-state index in [4.69, 9.17) is 0 Å². The predicted octanol–water partition coefficient (Wildman–Crippen LogP) is 0.989.